The van der Waals surface area contributed by atoms with Crippen LogP contribution in [-0.2, 0) is 13.0 Å². The van der Waals surface area contributed by atoms with Gasteiger partial charge in [0.05, 0.1) is 12.2 Å². The number of carboxylic acids is 1. The number of aromatic carboxylic acids is 1. The number of amides is 2. The molecule has 8 heteroatoms. The maximum absolute atomic E-state index is 11.6. The van der Waals surface area contributed by atoms with Gasteiger partial charge in [-0.25, -0.2) is 14.6 Å². The topological polar surface area (TPSA) is 91.3 Å². The number of thiophene rings is 1. The number of aryl methyl sites for hydroxylation is 1. The van der Waals surface area contributed by atoms with E-state index in [1.165, 1.54) is 5.56 Å². The number of nitrogens with zero attached hydrogens (tertiary/aromatic N) is 1. The molecular weight excluding hydrogens is 310 g/mol. The van der Waals surface area contributed by atoms with Crippen LogP contribution in [0.1, 0.15) is 25.9 Å². The van der Waals surface area contributed by atoms with Gasteiger partial charge in [0.2, 0.25) is 0 Å². The number of thiazole rings is 1. The van der Waals surface area contributed by atoms with Crippen LogP contribution in [0.15, 0.2) is 16.8 Å². The molecule has 0 bridgehead atoms. The van der Waals surface area contributed by atoms with Crippen LogP contribution in [-0.4, -0.2) is 28.6 Å². The van der Waals surface area contributed by atoms with E-state index in [0.717, 1.165) is 17.8 Å². The maximum Gasteiger partial charge on any atom is 0.347 e. The van der Waals surface area contributed by atoms with E-state index in [9.17, 15) is 9.59 Å². The predicted molar refractivity (Wildman–Crippen MR) is 82.1 cm³/mol. The summed E-state index contributed by atoms with van der Waals surface area (Å²) in [6, 6.07) is 1.74. The van der Waals surface area contributed by atoms with Crippen molar-refractivity contribution in [3.05, 3.63) is 38.0 Å². The van der Waals surface area contributed by atoms with Gasteiger partial charge < -0.3 is 15.7 Å². The molecule has 0 aliphatic carbocycles. The van der Waals surface area contributed by atoms with Crippen LogP contribution < -0.4 is 10.6 Å². The van der Waals surface area contributed by atoms with Crippen LogP contribution in [0.3, 0.4) is 0 Å². The van der Waals surface area contributed by atoms with Crippen LogP contribution >= 0.6 is 22.7 Å². The fourth-order valence-corrected chi connectivity index (χ4v) is 3.25. The molecule has 6 nitrogen and oxygen atoms in total. The highest BCUT2D eigenvalue weighted by atomic mass is 32.1. The van der Waals surface area contributed by atoms with Crippen molar-refractivity contribution in [2.75, 3.05) is 6.54 Å². The van der Waals surface area contributed by atoms with Gasteiger partial charge in [0.15, 0.2) is 0 Å². The Morgan fingerprint density at radius 3 is 2.81 bits per heavy atom. The van der Waals surface area contributed by atoms with E-state index in [-0.39, 0.29) is 17.5 Å². The van der Waals surface area contributed by atoms with Gasteiger partial charge in [0, 0.05) is 6.54 Å². The number of aromatic nitrogens is 1. The van der Waals surface area contributed by atoms with Crippen molar-refractivity contribution in [2.24, 2.45) is 0 Å². The molecule has 2 amide bonds. The summed E-state index contributed by atoms with van der Waals surface area (Å²) in [6.45, 7) is 2.42. The number of nitrogens with one attached hydrogen (secondary N) is 2. The number of hydrogen-bond donors (Lipinski definition) is 3. The summed E-state index contributed by atoms with van der Waals surface area (Å²) in [7, 11) is 0. The normalized spacial score (nSPS) is 10.3. The van der Waals surface area contributed by atoms with E-state index in [1.54, 1.807) is 18.3 Å². The molecular formula is C13H15N3O3S2. The Morgan fingerprint density at radius 2 is 2.19 bits per heavy atom. The smallest absolute Gasteiger partial charge is 0.347 e. The standard InChI is InChI=1S/C13H15N3O3S2/c1-8-11(12(17)18)21-10(16-8)6-15-13(19)14-4-2-9-3-5-20-7-9/h3,5,7H,2,4,6H2,1H3,(H,17,18)(H2,14,15,19). The highest BCUT2D eigenvalue weighted by Crippen LogP contribution is 2.17. The van der Waals surface area contributed by atoms with Crippen LogP contribution in [0.5, 0.6) is 0 Å². The molecule has 2 rings (SSSR count). The summed E-state index contributed by atoms with van der Waals surface area (Å²) in [5.74, 6) is -0.989. The molecule has 21 heavy (non-hydrogen) atoms. The van der Waals surface area contributed by atoms with E-state index in [4.69, 9.17) is 5.11 Å². The molecule has 0 fully saturated rings. The van der Waals surface area contributed by atoms with Crippen molar-refractivity contribution >= 4 is 34.7 Å². The van der Waals surface area contributed by atoms with Gasteiger partial charge in [-0.05, 0) is 35.7 Å². The van der Waals surface area contributed by atoms with Crippen molar-refractivity contribution in [3.8, 4) is 0 Å². The Hall–Kier alpha value is -1.93. The van der Waals surface area contributed by atoms with Crippen LogP contribution in [0.2, 0.25) is 0 Å². The number of urea groups is 1. The zero-order valence-corrected chi connectivity index (χ0v) is 13.0. The molecule has 0 aliphatic heterocycles. The Labute approximate surface area is 129 Å². The summed E-state index contributed by atoms with van der Waals surface area (Å²) < 4.78 is 0. The summed E-state index contributed by atoms with van der Waals surface area (Å²) in [5, 5.41) is 19.0. The number of rotatable bonds is 6. The quantitative estimate of drug-likeness (QED) is 0.759. The third kappa shape index (κ3) is 4.54. The van der Waals surface area contributed by atoms with Gasteiger partial charge >= 0.3 is 12.0 Å². The van der Waals surface area contributed by atoms with Crippen LogP contribution in [0, 0.1) is 6.92 Å². The number of hydrogen-bond acceptors (Lipinski definition) is 5. The maximum atomic E-state index is 11.6. The number of carboxylic acid groups (broad SMARTS) is 1. The first kappa shape index (κ1) is 15.5. The van der Waals surface area contributed by atoms with Crippen LogP contribution in [0.4, 0.5) is 4.79 Å². The van der Waals surface area contributed by atoms with Crippen molar-refractivity contribution in [2.45, 2.75) is 19.9 Å². The summed E-state index contributed by atoms with van der Waals surface area (Å²) in [5.41, 5.74) is 1.67. The SMILES string of the molecule is Cc1nc(CNC(=O)NCCc2ccsc2)sc1C(=O)O. The van der Waals surface area contributed by atoms with Crippen molar-refractivity contribution in [1.29, 1.82) is 0 Å². The molecule has 2 heterocycles. The largest absolute Gasteiger partial charge is 0.477 e. The zero-order chi connectivity index (χ0) is 15.2. The average molecular weight is 325 g/mol. The van der Waals surface area contributed by atoms with Crippen molar-refractivity contribution in [1.82, 2.24) is 15.6 Å². The lowest BCUT2D eigenvalue weighted by Crippen LogP contribution is -2.36. The average Bonchev–Trinajstić information content (AvgIpc) is 3.06. The third-order valence-corrected chi connectivity index (χ3v) is 4.59. The van der Waals surface area contributed by atoms with E-state index >= 15 is 0 Å². The third-order valence-electron chi connectivity index (χ3n) is 2.71. The Morgan fingerprint density at radius 1 is 1.38 bits per heavy atom. The molecule has 0 saturated heterocycles. The first-order valence-corrected chi connectivity index (χ1v) is 8.04. The van der Waals surface area contributed by atoms with E-state index < -0.39 is 5.97 Å². The second-order valence-electron chi connectivity index (χ2n) is 4.32. The first-order valence-electron chi connectivity index (χ1n) is 6.28. The molecule has 2 aromatic heterocycles. The second-order valence-corrected chi connectivity index (χ2v) is 6.18. The predicted octanol–water partition coefficient (Wildman–Crippen LogP) is 2.25. The molecule has 0 radical (unpaired) electrons. The van der Waals surface area contributed by atoms with Crippen molar-refractivity contribution in [3.63, 3.8) is 0 Å². The van der Waals surface area contributed by atoms with Crippen LogP contribution in [0.25, 0.3) is 0 Å². The Kier molecular flexibility index (Phi) is 5.29. The van der Waals surface area contributed by atoms with Gasteiger partial charge in [-0.3, -0.25) is 0 Å². The first-order chi connectivity index (χ1) is 10.1. The van der Waals surface area contributed by atoms with Gasteiger partial charge in [0.1, 0.15) is 9.88 Å². The lowest BCUT2D eigenvalue weighted by atomic mass is 10.2. The minimum Gasteiger partial charge on any atom is -0.477 e. The van der Waals surface area contributed by atoms with E-state index in [1.807, 2.05) is 16.8 Å². The fraction of sp³-hybridized carbons (Fsp3) is 0.308. The molecule has 0 spiro atoms. The van der Waals surface area contributed by atoms with Gasteiger partial charge in [-0.1, -0.05) is 0 Å². The lowest BCUT2D eigenvalue weighted by Gasteiger charge is -2.05. The fourth-order valence-electron chi connectivity index (χ4n) is 1.70. The molecule has 0 aliphatic rings. The van der Waals surface area contributed by atoms with E-state index in [0.29, 0.717) is 17.2 Å². The second kappa shape index (κ2) is 7.19. The summed E-state index contributed by atoms with van der Waals surface area (Å²) >= 11 is 2.71. The molecule has 0 aromatic carbocycles. The molecule has 0 saturated carbocycles. The minimum atomic E-state index is -0.989. The number of carbonyl (C=O) groups is 2. The Bertz CT molecular complexity index is 623. The lowest BCUT2D eigenvalue weighted by molar-refractivity contribution is 0.0701. The Balaban J connectivity index is 1.73. The summed E-state index contributed by atoms with van der Waals surface area (Å²) in [6.07, 6.45) is 0.788. The number of carbonyl (C=O) groups excluding carboxylic acids is 1. The van der Waals surface area contributed by atoms with Gasteiger partial charge in [-0.15, -0.1) is 11.3 Å². The zero-order valence-electron chi connectivity index (χ0n) is 11.4. The van der Waals surface area contributed by atoms with Gasteiger partial charge in [0.25, 0.3) is 0 Å². The van der Waals surface area contributed by atoms with E-state index in [2.05, 4.69) is 15.6 Å². The minimum absolute atomic E-state index is 0.213. The highest BCUT2D eigenvalue weighted by molar-refractivity contribution is 7.13. The van der Waals surface area contributed by atoms with Gasteiger partial charge in [-0.2, -0.15) is 11.3 Å². The molecule has 0 unspecified atom stereocenters. The molecule has 0 atom stereocenters. The molecule has 3 N–H and O–H groups in total. The molecule has 112 valence electrons. The van der Waals surface area contributed by atoms with Crippen molar-refractivity contribution < 1.29 is 14.7 Å². The highest BCUT2D eigenvalue weighted by Gasteiger charge is 2.14. The summed E-state index contributed by atoms with van der Waals surface area (Å²) in [4.78, 5) is 26.8. The monoisotopic (exact) mass is 325 g/mol. The molecule has 2 aromatic rings.